The van der Waals surface area contributed by atoms with Crippen LogP contribution in [0.3, 0.4) is 0 Å². The molecule has 6 heteroatoms. The maximum absolute atomic E-state index is 12.8. The van der Waals surface area contributed by atoms with Gasteiger partial charge in [0.1, 0.15) is 0 Å². The van der Waals surface area contributed by atoms with Crippen LogP contribution in [0.4, 0.5) is 5.69 Å². The maximum atomic E-state index is 12.8. The van der Waals surface area contributed by atoms with Crippen LogP contribution in [0.25, 0.3) is 0 Å². The Balaban J connectivity index is 1.73. The summed E-state index contributed by atoms with van der Waals surface area (Å²) in [6.45, 7) is 3.51. The van der Waals surface area contributed by atoms with Crippen molar-refractivity contribution >= 4 is 23.4 Å². The van der Waals surface area contributed by atoms with E-state index in [9.17, 15) is 4.79 Å². The molecule has 0 bridgehead atoms. The number of fused-ring (bicyclic) bond motifs is 1. The van der Waals surface area contributed by atoms with Crippen molar-refractivity contribution in [1.82, 2.24) is 4.90 Å². The lowest BCUT2D eigenvalue weighted by atomic mass is 9.97. The molecule has 1 aliphatic heterocycles. The van der Waals surface area contributed by atoms with Crippen LogP contribution in [0.1, 0.15) is 18.1 Å². The highest BCUT2D eigenvalue weighted by atomic mass is 32.2. The molecule has 1 N–H and O–H groups in total. The molecule has 0 aromatic heterocycles. The van der Waals surface area contributed by atoms with E-state index in [2.05, 4.69) is 10.2 Å². The molecule has 1 heterocycles. The summed E-state index contributed by atoms with van der Waals surface area (Å²) in [7, 11) is 3.29. The summed E-state index contributed by atoms with van der Waals surface area (Å²) in [4.78, 5) is 16.1. The summed E-state index contributed by atoms with van der Waals surface area (Å²) in [5.41, 5.74) is 3.30. The van der Waals surface area contributed by atoms with Crippen molar-refractivity contribution in [3.05, 3.63) is 47.5 Å². The molecule has 27 heavy (non-hydrogen) atoms. The molecule has 0 fully saturated rings. The van der Waals surface area contributed by atoms with Crippen LogP contribution in [-0.4, -0.2) is 43.9 Å². The number of benzene rings is 2. The van der Waals surface area contributed by atoms with Crippen molar-refractivity contribution in [3.8, 4) is 11.5 Å². The van der Waals surface area contributed by atoms with Gasteiger partial charge >= 0.3 is 0 Å². The summed E-state index contributed by atoms with van der Waals surface area (Å²) < 4.78 is 10.8. The number of hydrogen-bond donors (Lipinski definition) is 1. The first-order chi connectivity index (χ1) is 13.1. The second kappa shape index (κ2) is 8.67. The van der Waals surface area contributed by atoms with Gasteiger partial charge in [-0.25, -0.2) is 0 Å². The van der Waals surface area contributed by atoms with Crippen molar-refractivity contribution in [2.24, 2.45) is 0 Å². The van der Waals surface area contributed by atoms with Crippen LogP contribution in [0.15, 0.2) is 41.3 Å². The fraction of sp³-hybridized carbons (Fsp3) is 0.381. The van der Waals surface area contributed by atoms with E-state index >= 15 is 0 Å². The third-order valence-corrected chi connectivity index (χ3v) is 5.84. The van der Waals surface area contributed by atoms with E-state index in [0.29, 0.717) is 6.54 Å². The third-order valence-electron chi connectivity index (χ3n) is 5.04. The highest BCUT2D eigenvalue weighted by Gasteiger charge is 2.27. The molecule has 0 saturated heterocycles. The van der Waals surface area contributed by atoms with E-state index in [1.165, 1.54) is 11.1 Å². The monoisotopic (exact) mass is 386 g/mol. The van der Waals surface area contributed by atoms with Gasteiger partial charge in [0.05, 0.1) is 25.9 Å². The zero-order chi connectivity index (χ0) is 19.4. The molecule has 1 amide bonds. The summed E-state index contributed by atoms with van der Waals surface area (Å²) in [6.07, 6.45) is 2.90. The maximum Gasteiger partial charge on any atom is 0.241 e. The van der Waals surface area contributed by atoms with Crippen LogP contribution in [-0.2, 0) is 17.8 Å². The number of carbonyl (C=O) groups is 1. The third kappa shape index (κ3) is 4.22. The number of hydrogen-bond acceptors (Lipinski definition) is 5. The molecule has 5 nitrogen and oxygen atoms in total. The molecule has 0 radical (unpaired) electrons. The molecular weight excluding hydrogens is 360 g/mol. The van der Waals surface area contributed by atoms with Gasteiger partial charge in [0.2, 0.25) is 5.91 Å². The molecule has 1 atom stereocenters. The summed E-state index contributed by atoms with van der Waals surface area (Å²) in [5, 5.41) is 3.08. The lowest BCUT2D eigenvalue weighted by molar-refractivity contribution is -0.121. The molecule has 0 aliphatic carbocycles. The average molecular weight is 387 g/mol. The van der Waals surface area contributed by atoms with Crippen LogP contribution < -0.4 is 14.8 Å². The molecule has 3 rings (SSSR count). The predicted octanol–water partition coefficient (Wildman–Crippen LogP) is 3.81. The predicted molar refractivity (Wildman–Crippen MR) is 110 cm³/mol. The van der Waals surface area contributed by atoms with Crippen molar-refractivity contribution < 1.29 is 14.3 Å². The second-order valence-corrected chi connectivity index (χ2v) is 7.41. The van der Waals surface area contributed by atoms with Gasteiger partial charge in [-0.2, -0.15) is 0 Å². The van der Waals surface area contributed by atoms with Gasteiger partial charge in [0.15, 0.2) is 11.5 Å². The van der Waals surface area contributed by atoms with E-state index in [1.54, 1.807) is 26.0 Å². The number of carbonyl (C=O) groups excluding carboxylic acids is 1. The standard InChI is InChI=1S/C21H26N2O3S/c1-14(21(24)22-17-7-5-6-8-20(17)27-4)23-10-9-15-11-18(25-2)19(26-3)12-16(15)13-23/h5-8,11-12,14H,9-10,13H2,1-4H3,(H,22,24). The number of nitrogens with one attached hydrogen (secondary N) is 1. The first kappa shape index (κ1) is 19.6. The minimum atomic E-state index is -0.221. The van der Waals surface area contributed by atoms with Crippen LogP contribution in [0, 0.1) is 0 Å². The second-order valence-electron chi connectivity index (χ2n) is 6.56. The van der Waals surface area contributed by atoms with Gasteiger partial charge in [0, 0.05) is 18.0 Å². The largest absolute Gasteiger partial charge is 0.493 e. The number of rotatable bonds is 6. The zero-order valence-corrected chi connectivity index (χ0v) is 17.1. The minimum Gasteiger partial charge on any atom is -0.493 e. The van der Waals surface area contributed by atoms with Crippen LogP contribution >= 0.6 is 11.8 Å². The fourth-order valence-corrected chi connectivity index (χ4v) is 3.94. The average Bonchev–Trinajstić information content (AvgIpc) is 2.71. The lowest BCUT2D eigenvalue weighted by Gasteiger charge is -2.33. The minimum absolute atomic E-state index is 0.0143. The molecule has 1 aliphatic rings. The smallest absolute Gasteiger partial charge is 0.241 e. The molecule has 2 aromatic rings. The van der Waals surface area contributed by atoms with Crippen molar-refractivity contribution in [3.63, 3.8) is 0 Å². The Bertz CT molecular complexity index is 825. The van der Waals surface area contributed by atoms with E-state index in [-0.39, 0.29) is 11.9 Å². The Kier molecular flexibility index (Phi) is 6.29. The van der Waals surface area contributed by atoms with E-state index in [4.69, 9.17) is 9.47 Å². The fourth-order valence-electron chi connectivity index (χ4n) is 3.39. The van der Waals surface area contributed by atoms with Crippen molar-refractivity contribution in [1.29, 1.82) is 0 Å². The summed E-state index contributed by atoms with van der Waals surface area (Å²) >= 11 is 1.63. The van der Waals surface area contributed by atoms with Gasteiger partial charge in [0.25, 0.3) is 0 Å². The Hall–Kier alpha value is -2.18. The van der Waals surface area contributed by atoms with Gasteiger partial charge in [-0.1, -0.05) is 12.1 Å². The molecule has 1 unspecified atom stereocenters. The first-order valence-electron chi connectivity index (χ1n) is 8.99. The molecule has 144 valence electrons. The zero-order valence-electron chi connectivity index (χ0n) is 16.2. The van der Waals surface area contributed by atoms with E-state index in [0.717, 1.165) is 35.0 Å². The highest BCUT2D eigenvalue weighted by Crippen LogP contribution is 2.34. The Morgan fingerprint density at radius 3 is 2.48 bits per heavy atom. The number of nitrogens with zero attached hydrogens (tertiary/aromatic N) is 1. The summed E-state index contributed by atoms with van der Waals surface area (Å²) in [6, 6.07) is 11.7. The normalized spacial score (nSPS) is 15.0. The number of amides is 1. The van der Waals surface area contributed by atoms with Gasteiger partial charge < -0.3 is 14.8 Å². The topological polar surface area (TPSA) is 50.8 Å². The number of ether oxygens (including phenoxy) is 2. The lowest BCUT2D eigenvalue weighted by Crippen LogP contribution is -2.44. The number of anilines is 1. The SMILES string of the molecule is COc1cc2c(cc1OC)CN(C(C)C(=O)Nc1ccccc1SC)CC2. The van der Waals surface area contributed by atoms with Crippen molar-refractivity contribution in [2.75, 3.05) is 32.3 Å². The first-order valence-corrected chi connectivity index (χ1v) is 10.2. The van der Waals surface area contributed by atoms with Crippen molar-refractivity contribution in [2.45, 2.75) is 30.8 Å². The van der Waals surface area contributed by atoms with Gasteiger partial charge in [-0.3, -0.25) is 9.69 Å². The highest BCUT2D eigenvalue weighted by molar-refractivity contribution is 7.98. The van der Waals surface area contributed by atoms with Gasteiger partial charge in [-0.15, -0.1) is 11.8 Å². The summed E-state index contributed by atoms with van der Waals surface area (Å²) in [5.74, 6) is 1.49. The van der Waals surface area contributed by atoms with E-state index < -0.39 is 0 Å². The number of thioether (sulfide) groups is 1. The molecule has 2 aromatic carbocycles. The van der Waals surface area contributed by atoms with Gasteiger partial charge in [-0.05, 0) is 55.0 Å². The Labute approximate surface area is 165 Å². The molecular formula is C21H26N2O3S. The van der Waals surface area contributed by atoms with Crippen LogP contribution in [0.5, 0.6) is 11.5 Å². The van der Waals surface area contributed by atoms with E-state index in [1.807, 2.05) is 49.6 Å². The molecule has 0 spiro atoms. The number of methoxy groups -OCH3 is 2. The molecule has 0 saturated carbocycles. The van der Waals surface area contributed by atoms with Crippen LogP contribution in [0.2, 0.25) is 0 Å². The number of para-hydroxylation sites is 1. The Morgan fingerprint density at radius 1 is 1.15 bits per heavy atom. The quantitative estimate of drug-likeness (QED) is 0.765. The Morgan fingerprint density at radius 2 is 1.81 bits per heavy atom.